The number of aromatic nitrogens is 3. The molecule has 2 atom stereocenters. The molecular weight excluding hydrogens is 368 g/mol. The van der Waals surface area contributed by atoms with Crippen molar-refractivity contribution in [3.63, 3.8) is 0 Å². The van der Waals surface area contributed by atoms with Crippen molar-refractivity contribution in [3.8, 4) is 0 Å². The minimum atomic E-state index is -1.26. The van der Waals surface area contributed by atoms with E-state index in [0.717, 1.165) is 32.5 Å². The Morgan fingerprint density at radius 1 is 1.30 bits per heavy atom. The summed E-state index contributed by atoms with van der Waals surface area (Å²) in [7, 11) is 0. The smallest absolute Gasteiger partial charge is 0.321 e. The number of fused-ring (bicyclic) bond motifs is 3. The number of halogens is 1. The van der Waals surface area contributed by atoms with Gasteiger partial charge < -0.3 is 9.84 Å². The fraction of sp³-hybridized carbons (Fsp3) is 0.526. The molecule has 2 bridgehead atoms. The molecule has 2 unspecified atom stereocenters. The first-order valence-electron chi connectivity index (χ1n) is 9.25. The number of aliphatic hydroxyl groups excluding tert-OH is 1. The molecule has 27 heavy (non-hydrogen) atoms. The van der Waals surface area contributed by atoms with E-state index in [1.807, 2.05) is 30.3 Å². The first kappa shape index (κ1) is 18.4. The van der Waals surface area contributed by atoms with Crippen molar-refractivity contribution in [1.29, 1.82) is 0 Å². The molecular formula is C19H23ClN4O3. The van der Waals surface area contributed by atoms with Crippen LogP contribution in [0.1, 0.15) is 18.4 Å². The van der Waals surface area contributed by atoms with Gasteiger partial charge in [0.05, 0.1) is 13.2 Å². The van der Waals surface area contributed by atoms with Crippen LogP contribution in [0.3, 0.4) is 0 Å². The first-order chi connectivity index (χ1) is 13.1. The van der Waals surface area contributed by atoms with Gasteiger partial charge in [-0.2, -0.15) is 0 Å². The Bertz CT molecular complexity index is 791. The third kappa shape index (κ3) is 3.59. The van der Waals surface area contributed by atoms with Crippen LogP contribution >= 0.6 is 11.6 Å². The summed E-state index contributed by atoms with van der Waals surface area (Å²) in [4.78, 5) is 19.6. The Balaban J connectivity index is 1.63. The Hall–Kier alpha value is -1.96. The summed E-state index contributed by atoms with van der Waals surface area (Å²) < 4.78 is 7.46. The zero-order valence-electron chi connectivity index (χ0n) is 15.0. The van der Waals surface area contributed by atoms with Crippen molar-refractivity contribution in [2.75, 3.05) is 26.2 Å². The lowest BCUT2D eigenvalue weighted by atomic mass is 9.80. The van der Waals surface area contributed by atoms with E-state index in [1.165, 1.54) is 11.0 Å². The van der Waals surface area contributed by atoms with E-state index in [-0.39, 0.29) is 17.9 Å². The number of carbonyl (C=O) groups is 1. The zero-order chi connectivity index (χ0) is 18.9. The standard InChI is InChI=1S/C19H23ClN4O3/c20-18-21-13-24(22-18)11-19(12-25,15-4-2-1-3-5-15)17(26)27-16-10-23-8-6-14(16)7-9-23/h1-5,13-14,16,25H,6-12H2. The highest BCUT2D eigenvalue weighted by molar-refractivity contribution is 6.28. The van der Waals surface area contributed by atoms with E-state index in [1.54, 1.807) is 0 Å². The first-order valence-corrected chi connectivity index (χ1v) is 9.63. The number of esters is 1. The van der Waals surface area contributed by atoms with Crippen molar-refractivity contribution in [2.45, 2.75) is 30.9 Å². The maximum absolute atomic E-state index is 13.4. The predicted molar refractivity (Wildman–Crippen MR) is 99.3 cm³/mol. The summed E-state index contributed by atoms with van der Waals surface area (Å²) in [6, 6.07) is 9.21. The lowest BCUT2D eigenvalue weighted by Crippen LogP contribution is -2.54. The molecule has 5 rings (SSSR count). The van der Waals surface area contributed by atoms with Crippen LogP contribution < -0.4 is 0 Å². The minimum absolute atomic E-state index is 0.0978. The molecule has 3 aliphatic heterocycles. The number of hydrogen-bond acceptors (Lipinski definition) is 6. The maximum atomic E-state index is 13.4. The third-order valence-electron chi connectivity index (χ3n) is 5.78. The Labute approximate surface area is 162 Å². The van der Waals surface area contributed by atoms with Gasteiger partial charge in [-0.3, -0.25) is 9.69 Å². The third-order valence-corrected chi connectivity index (χ3v) is 5.96. The number of piperidine rings is 3. The van der Waals surface area contributed by atoms with Gasteiger partial charge in [-0.05, 0) is 49.0 Å². The fourth-order valence-corrected chi connectivity index (χ4v) is 4.30. The van der Waals surface area contributed by atoms with E-state index < -0.39 is 18.0 Å². The topological polar surface area (TPSA) is 80.5 Å². The van der Waals surface area contributed by atoms with Crippen LogP contribution in [0, 0.1) is 5.92 Å². The molecule has 144 valence electrons. The highest BCUT2D eigenvalue weighted by Crippen LogP contribution is 2.33. The molecule has 3 saturated heterocycles. The van der Waals surface area contributed by atoms with Crippen LogP contribution in [0.25, 0.3) is 0 Å². The molecule has 0 radical (unpaired) electrons. The zero-order valence-corrected chi connectivity index (χ0v) is 15.8. The average molecular weight is 391 g/mol. The predicted octanol–water partition coefficient (Wildman–Crippen LogP) is 1.50. The van der Waals surface area contributed by atoms with E-state index in [2.05, 4.69) is 15.0 Å². The molecule has 2 aromatic rings. The van der Waals surface area contributed by atoms with Crippen LogP contribution in [0.2, 0.25) is 5.28 Å². The van der Waals surface area contributed by atoms with Crippen LogP contribution in [0.15, 0.2) is 36.7 Å². The van der Waals surface area contributed by atoms with Crippen molar-refractivity contribution in [3.05, 3.63) is 47.5 Å². The van der Waals surface area contributed by atoms with Crippen molar-refractivity contribution in [2.24, 2.45) is 5.92 Å². The lowest BCUT2D eigenvalue weighted by Gasteiger charge is -2.45. The van der Waals surface area contributed by atoms with Crippen LogP contribution in [-0.2, 0) is 21.5 Å². The summed E-state index contributed by atoms with van der Waals surface area (Å²) in [5, 5.41) is 14.5. The number of benzene rings is 1. The second kappa shape index (κ2) is 7.58. The SMILES string of the molecule is O=C(OC1CN2CCC1CC2)C(CO)(Cn1cnc(Cl)n1)c1ccccc1. The molecule has 0 aliphatic carbocycles. The maximum Gasteiger partial charge on any atom is 0.321 e. The summed E-state index contributed by atoms with van der Waals surface area (Å²) in [5.74, 6) is -0.0338. The minimum Gasteiger partial charge on any atom is -0.460 e. The number of hydrogen-bond donors (Lipinski definition) is 1. The fourth-order valence-electron chi connectivity index (χ4n) is 4.16. The van der Waals surface area contributed by atoms with E-state index in [4.69, 9.17) is 16.3 Å². The number of nitrogens with zero attached hydrogens (tertiary/aromatic N) is 4. The molecule has 4 heterocycles. The number of aliphatic hydroxyl groups is 1. The Kier molecular flexibility index (Phi) is 5.16. The van der Waals surface area contributed by atoms with Crippen molar-refractivity contribution in [1.82, 2.24) is 19.7 Å². The summed E-state index contributed by atoms with van der Waals surface area (Å²) in [6.07, 6.45) is 3.42. The van der Waals surface area contributed by atoms with Crippen molar-refractivity contribution >= 4 is 17.6 Å². The highest BCUT2D eigenvalue weighted by Gasteiger charge is 2.45. The summed E-state index contributed by atoms with van der Waals surface area (Å²) >= 11 is 5.83. The molecule has 3 fully saturated rings. The second-order valence-electron chi connectivity index (χ2n) is 7.40. The molecule has 8 heteroatoms. The van der Waals surface area contributed by atoms with Gasteiger partial charge in [0.2, 0.25) is 5.28 Å². The molecule has 1 N–H and O–H groups in total. The quantitative estimate of drug-likeness (QED) is 0.753. The van der Waals surface area contributed by atoms with Gasteiger partial charge in [-0.1, -0.05) is 30.3 Å². The van der Waals surface area contributed by atoms with E-state index in [0.29, 0.717) is 11.5 Å². The number of rotatable bonds is 6. The Morgan fingerprint density at radius 2 is 2.04 bits per heavy atom. The van der Waals surface area contributed by atoms with Gasteiger partial charge in [-0.15, -0.1) is 5.10 Å². The Morgan fingerprint density at radius 3 is 2.59 bits per heavy atom. The second-order valence-corrected chi connectivity index (χ2v) is 7.74. The van der Waals surface area contributed by atoms with Crippen molar-refractivity contribution < 1.29 is 14.6 Å². The van der Waals surface area contributed by atoms with Crippen LogP contribution in [0.4, 0.5) is 0 Å². The number of ether oxygens (including phenoxy) is 1. The molecule has 7 nitrogen and oxygen atoms in total. The molecule has 1 aromatic carbocycles. The summed E-state index contributed by atoms with van der Waals surface area (Å²) in [6.45, 7) is 2.61. The lowest BCUT2D eigenvalue weighted by molar-refractivity contribution is -0.168. The highest BCUT2D eigenvalue weighted by atomic mass is 35.5. The molecule has 0 spiro atoms. The molecule has 0 amide bonds. The van der Waals surface area contributed by atoms with E-state index >= 15 is 0 Å². The monoisotopic (exact) mass is 390 g/mol. The van der Waals surface area contributed by atoms with Gasteiger partial charge in [-0.25, -0.2) is 9.67 Å². The van der Waals surface area contributed by atoms with Crippen LogP contribution in [0.5, 0.6) is 0 Å². The van der Waals surface area contributed by atoms with Gasteiger partial charge in [0.15, 0.2) is 0 Å². The van der Waals surface area contributed by atoms with Crippen LogP contribution in [-0.4, -0.2) is 63.1 Å². The largest absolute Gasteiger partial charge is 0.460 e. The summed E-state index contributed by atoms with van der Waals surface area (Å²) in [5.41, 5.74) is -0.574. The normalized spacial score (nSPS) is 26.5. The van der Waals surface area contributed by atoms with Gasteiger partial charge >= 0.3 is 5.97 Å². The van der Waals surface area contributed by atoms with E-state index in [9.17, 15) is 9.90 Å². The van der Waals surface area contributed by atoms with Gasteiger partial charge in [0.1, 0.15) is 17.8 Å². The van der Waals surface area contributed by atoms with Gasteiger partial charge in [0.25, 0.3) is 0 Å². The molecule has 0 saturated carbocycles. The average Bonchev–Trinajstić information content (AvgIpc) is 3.12. The molecule has 1 aromatic heterocycles. The molecule has 3 aliphatic rings. The van der Waals surface area contributed by atoms with Gasteiger partial charge in [0, 0.05) is 6.54 Å². The number of carbonyl (C=O) groups excluding carboxylic acids is 1.